The van der Waals surface area contributed by atoms with E-state index in [1.165, 1.54) is 11.3 Å². The molecular weight excluding hydrogens is 408 g/mol. The third-order valence-corrected chi connectivity index (χ3v) is 4.83. The maximum Gasteiger partial charge on any atom is 0.419 e. The highest BCUT2D eigenvalue weighted by molar-refractivity contribution is 7.15. The third kappa shape index (κ3) is 4.06. The first-order valence-electron chi connectivity index (χ1n) is 8.27. The van der Waals surface area contributed by atoms with Gasteiger partial charge < -0.3 is 10.6 Å². The predicted octanol–water partition coefficient (Wildman–Crippen LogP) is 5.86. The number of imidazole rings is 1. The van der Waals surface area contributed by atoms with Gasteiger partial charge in [0.15, 0.2) is 4.96 Å². The number of aromatic nitrogens is 2. The molecule has 0 radical (unpaired) electrons. The average Bonchev–Trinajstić information content (AvgIpc) is 3.25. The van der Waals surface area contributed by atoms with E-state index in [9.17, 15) is 22.4 Å². The molecule has 4 aromatic rings. The molecule has 2 heterocycles. The zero-order valence-electron chi connectivity index (χ0n) is 14.5. The van der Waals surface area contributed by atoms with Crippen molar-refractivity contribution in [3.05, 3.63) is 71.6 Å². The van der Waals surface area contributed by atoms with Gasteiger partial charge >= 0.3 is 12.2 Å². The van der Waals surface area contributed by atoms with Crippen LogP contribution < -0.4 is 10.6 Å². The van der Waals surface area contributed by atoms with E-state index >= 15 is 0 Å². The number of carbonyl (C=O) groups is 1. The molecule has 0 aliphatic rings. The number of alkyl halides is 3. The molecule has 0 atom stereocenters. The van der Waals surface area contributed by atoms with Crippen molar-refractivity contribution in [3.8, 4) is 11.3 Å². The molecule has 2 N–H and O–H groups in total. The Balaban J connectivity index is 1.44. The second-order valence-electron chi connectivity index (χ2n) is 6.07. The Hall–Kier alpha value is -3.40. The van der Waals surface area contributed by atoms with Crippen LogP contribution in [0.1, 0.15) is 5.56 Å². The number of nitrogens with zero attached hydrogens (tertiary/aromatic N) is 2. The van der Waals surface area contributed by atoms with Gasteiger partial charge in [-0.2, -0.15) is 13.2 Å². The van der Waals surface area contributed by atoms with E-state index < -0.39 is 23.6 Å². The van der Waals surface area contributed by atoms with E-state index in [0.717, 1.165) is 22.3 Å². The molecule has 0 aliphatic heterocycles. The molecule has 0 spiro atoms. The highest BCUT2D eigenvalue weighted by Gasteiger charge is 2.34. The number of anilines is 2. The van der Waals surface area contributed by atoms with E-state index in [0.29, 0.717) is 17.8 Å². The lowest BCUT2D eigenvalue weighted by Gasteiger charge is -2.12. The van der Waals surface area contributed by atoms with Gasteiger partial charge in [0, 0.05) is 34.7 Å². The van der Waals surface area contributed by atoms with Crippen molar-refractivity contribution >= 4 is 33.7 Å². The van der Waals surface area contributed by atoms with Crippen LogP contribution in [0.4, 0.5) is 33.7 Å². The minimum Gasteiger partial charge on any atom is -0.308 e. The summed E-state index contributed by atoms with van der Waals surface area (Å²) in [6.45, 7) is 0. The zero-order chi connectivity index (χ0) is 20.6. The van der Waals surface area contributed by atoms with Gasteiger partial charge in [0.1, 0.15) is 5.82 Å². The summed E-state index contributed by atoms with van der Waals surface area (Å²) in [6.07, 6.45) is -1.07. The number of nitrogens with one attached hydrogen (secondary N) is 2. The molecule has 5 nitrogen and oxygen atoms in total. The number of hydrogen-bond acceptors (Lipinski definition) is 3. The normalized spacial score (nSPS) is 11.6. The van der Waals surface area contributed by atoms with Crippen molar-refractivity contribution in [2.24, 2.45) is 0 Å². The van der Waals surface area contributed by atoms with E-state index in [2.05, 4.69) is 15.6 Å². The molecule has 0 unspecified atom stereocenters. The molecule has 2 aromatic carbocycles. The van der Waals surface area contributed by atoms with Crippen LogP contribution in [0.3, 0.4) is 0 Å². The summed E-state index contributed by atoms with van der Waals surface area (Å²) in [5.74, 6) is -1.40. The van der Waals surface area contributed by atoms with Crippen LogP contribution in [-0.2, 0) is 6.18 Å². The van der Waals surface area contributed by atoms with Crippen LogP contribution in [-0.4, -0.2) is 15.4 Å². The van der Waals surface area contributed by atoms with Crippen molar-refractivity contribution in [3.63, 3.8) is 0 Å². The molecule has 2 aromatic heterocycles. The first-order chi connectivity index (χ1) is 13.8. The number of carbonyl (C=O) groups excluding carboxylic acids is 1. The molecule has 148 valence electrons. The SMILES string of the molecule is O=C(Nc1ccc(-c2cn3ccsc3n2)cc1)Nc1ccc(F)c(C(F)(F)F)c1. The molecular formula is C19H12F4N4OS. The highest BCUT2D eigenvalue weighted by atomic mass is 32.1. The summed E-state index contributed by atoms with van der Waals surface area (Å²) >= 11 is 1.51. The minimum absolute atomic E-state index is 0.175. The Morgan fingerprint density at radius 3 is 2.41 bits per heavy atom. The minimum atomic E-state index is -4.85. The van der Waals surface area contributed by atoms with Crippen LogP contribution in [0.25, 0.3) is 16.2 Å². The van der Waals surface area contributed by atoms with Gasteiger partial charge in [-0.25, -0.2) is 14.2 Å². The lowest BCUT2D eigenvalue weighted by atomic mass is 10.1. The average molecular weight is 420 g/mol. The summed E-state index contributed by atoms with van der Waals surface area (Å²) in [5.41, 5.74) is 0.440. The van der Waals surface area contributed by atoms with Gasteiger partial charge in [-0.1, -0.05) is 12.1 Å². The second-order valence-corrected chi connectivity index (χ2v) is 6.94. The van der Waals surface area contributed by atoms with Crippen molar-refractivity contribution < 1.29 is 22.4 Å². The largest absolute Gasteiger partial charge is 0.419 e. The number of amides is 2. The Kier molecular flexibility index (Phi) is 4.71. The first kappa shape index (κ1) is 18.9. The third-order valence-electron chi connectivity index (χ3n) is 4.06. The van der Waals surface area contributed by atoms with Gasteiger partial charge in [-0.05, 0) is 30.3 Å². The molecule has 10 heteroatoms. The first-order valence-corrected chi connectivity index (χ1v) is 9.15. The lowest BCUT2D eigenvalue weighted by molar-refractivity contribution is -0.139. The van der Waals surface area contributed by atoms with Crippen molar-refractivity contribution in [2.75, 3.05) is 10.6 Å². The van der Waals surface area contributed by atoms with Gasteiger partial charge in [-0.15, -0.1) is 11.3 Å². The molecule has 0 fully saturated rings. The van der Waals surface area contributed by atoms with Gasteiger partial charge in [0.05, 0.1) is 11.3 Å². The zero-order valence-corrected chi connectivity index (χ0v) is 15.3. The van der Waals surface area contributed by atoms with Gasteiger partial charge in [-0.3, -0.25) is 4.40 Å². The molecule has 0 aliphatic carbocycles. The second kappa shape index (κ2) is 7.21. The number of hydrogen-bond donors (Lipinski definition) is 2. The molecule has 2 amide bonds. The van der Waals surface area contributed by atoms with Crippen molar-refractivity contribution in [2.45, 2.75) is 6.18 Å². The van der Waals surface area contributed by atoms with Crippen LogP contribution in [0.15, 0.2) is 60.2 Å². The van der Waals surface area contributed by atoms with Crippen LogP contribution in [0.2, 0.25) is 0 Å². The van der Waals surface area contributed by atoms with Crippen LogP contribution in [0.5, 0.6) is 0 Å². The predicted molar refractivity (Wildman–Crippen MR) is 103 cm³/mol. The standard InChI is InChI=1S/C19H12F4N4OS/c20-15-6-5-13(9-14(15)19(21,22)23)25-17(28)24-12-3-1-11(2-4-12)16-10-27-7-8-29-18(27)26-16/h1-10H,(H2,24,25,28). The maximum absolute atomic E-state index is 13.3. The summed E-state index contributed by atoms with van der Waals surface area (Å²) in [7, 11) is 0. The quantitative estimate of drug-likeness (QED) is 0.408. The number of thiazole rings is 1. The monoisotopic (exact) mass is 420 g/mol. The van der Waals surface area contributed by atoms with E-state index in [4.69, 9.17) is 0 Å². The van der Waals surface area contributed by atoms with Crippen molar-refractivity contribution in [1.82, 2.24) is 9.38 Å². The molecule has 0 bridgehead atoms. The van der Waals surface area contributed by atoms with Crippen LogP contribution in [0, 0.1) is 5.82 Å². The van der Waals surface area contributed by atoms with Crippen molar-refractivity contribution in [1.29, 1.82) is 0 Å². The number of rotatable bonds is 3. The smallest absolute Gasteiger partial charge is 0.308 e. The summed E-state index contributed by atoms with van der Waals surface area (Å²) in [5, 5.41) is 6.70. The van der Waals surface area contributed by atoms with E-state index in [1.54, 1.807) is 24.3 Å². The number of halogens is 4. The van der Waals surface area contributed by atoms with Gasteiger partial charge in [0.25, 0.3) is 0 Å². The van der Waals surface area contributed by atoms with Crippen LogP contribution >= 0.6 is 11.3 Å². The number of urea groups is 1. The van der Waals surface area contributed by atoms with E-state index in [-0.39, 0.29) is 5.69 Å². The number of fused-ring (bicyclic) bond motifs is 1. The maximum atomic E-state index is 13.3. The Morgan fingerprint density at radius 1 is 1.03 bits per heavy atom. The fourth-order valence-electron chi connectivity index (χ4n) is 2.70. The Morgan fingerprint density at radius 2 is 1.72 bits per heavy atom. The topological polar surface area (TPSA) is 58.4 Å². The number of benzene rings is 2. The fraction of sp³-hybridized carbons (Fsp3) is 0.0526. The molecule has 29 heavy (non-hydrogen) atoms. The fourth-order valence-corrected chi connectivity index (χ4v) is 3.40. The molecule has 0 saturated carbocycles. The lowest BCUT2D eigenvalue weighted by Crippen LogP contribution is -2.20. The molecule has 4 rings (SSSR count). The summed E-state index contributed by atoms with van der Waals surface area (Å²) < 4.78 is 53.5. The highest BCUT2D eigenvalue weighted by Crippen LogP contribution is 2.33. The molecule has 0 saturated heterocycles. The Labute approximate surface area is 165 Å². The summed E-state index contributed by atoms with van der Waals surface area (Å²) in [4.78, 5) is 17.4. The Bertz CT molecular complexity index is 1150. The van der Waals surface area contributed by atoms with Gasteiger partial charge in [0.2, 0.25) is 0 Å². The summed E-state index contributed by atoms with van der Waals surface area (Å²) in [6, 6.07) is 8.33. The van der Waals surface area contributed by atoms with E-state index in [1.807, 2.05) is 22.2 Å².